The maximum absolute atomic E-state index is 5.40. The third kappa shape index (κ3) is 2.65. The van der Waals surface area contributed by atoms with Crippen LogP contribution < -0.4 is 0 Å². The van der Waals surface area contributed by atoms with Crippen LogP contribution in [0.1, 0.15) is 18.7 Å². The molecule has 2 heterocycles. The molecule has 1 atom stereocenters. The molecule has 1 aliphatic heterocycles. The van der Waals surface area contributed by atoms with Gasteiger partial charge in [-0.1, -0.05) is 11.8 Å². The second-order valence-electron chi connectivity index (χ2n) is 3.06. The van der Waals surface area contributed by atoms with E-state index in [4.69, 9.17) is 4.74 Å². The van der Waals surface area contributed by atoms with Crippen molar-refractivity contribution in [2.24, 2.45) is 0 Å². The van der Waals surface area contributed by atoms with Crippen molar-refractivity contribution in [2.75, 3.05) is 13.2 Å². The van der Waals surface area contributed by atoms with Crippen molar-refractivity contribution in [3.8, 4) is 0 Å². The number of aryl methyl sites for hydroxylation is 1. The summed E-state index contributed by atoms with van der Waals surface area (Å²) in [5.41, 5.74) is 0. The van der Waals surface area contributed by atoms with Gasteiger partial charge in [0.25, 0.3) is 0 Å². The highest BCUT2D eigenvalue weighted by atomic mass is 32.2. The number of hydrogen-bond acceptors (Lipinski definition) is 5. The Kier molecular flexibility index (Phi) is 3.18. The van der Waals surface area contributed by atoms with Crippen molar-refractivity contribution in [3.05, 3.63) is 5.82 Å². The van der Waals surface area contributed by atoms with E-state index in [9.17, 15) is 0 Å². The van der Waals surface area contributed by atoms with Gasteiger partial charge in [-0.15, -0.1) is 0 Å². The van der Waals surface area contributed by atoms with Crippen LogP contribution in [0.5, 0.6) is 0 Å². The van der Waals surface area contributed by atoms with E-state index < -0.39 is 0 Å². The first kappa shape index (κ1) is 9.43. The molecule has 0 saturated carbocycles. The van der Waals surface area contributed by atoms with Gasteiger partial charge in [0.1, 0.15) is 5.82 Å². The summed E-state index contributed by atoms with van der Waals surface area (Å²) >= 11 is 3.29. The third-order valence-corrected chi connectivity index (χ3v) is 4.01. The van der Waals surface area contributed by atoms with Crippen LogP contribution in [0.3, 0.4) is 0 Å². The molecule has 13 heavy (non-hydrogen) atoms. The fraction of sp³-hybridized carbons (Fsp3) is 0.750. The van der Waals surface area contributed by atoms with Gasteiger partial charge in [0.15, 0.2) is 4.34 Å². The maximum Gasteiger partial charge on any atom is 0.170 e. The molecule has 1 aromatic rings. The van der Waals surface area contributed by atoms with Gasteiger partial charge in [-0.2, -0.15) is 4.37 Å². The minimum absolute atomic E-state index is 0.584. The fourth-order valence-electron chi connectivity index (χ4n) is 1.27. The lowest BCUT2D eigenvalue weighted by Crippen LogP contribution is -2.18. The van der Waals surface area contributed by atoms with Crippen molar-refractivity contribution >= 4 is 23.3 Å². The average Bonchev–Trinajstić information content (AvgIpc) is 2.53. The molecule has 5 heteroatoms. The zero-order valence-corrected chi connectivity index (χ0v) is 9.16. The van der Waals surface area contributed by atoms with E-state index in [1.165, 1.54) is 24.4 Å². The first-order valence-corrected chi connectivity index (χ1v) is 6.04. The summed E-state index contributed by atoms with van der Waals surface area (Å²) in [5.74, 6) is 0.879. The fourth-order valence-corrected chi connectivity index (χ4v) is 3.31. The molecule has 72 valence electrons. The Bertz CT molecular complexity index is 271. The molecular weight excluding hydrogens is 204 g/mol. The van der Waals surface area contributed by atoms with Crippen LogP contribution in [0.2, 0.25) is 0 Å². The zero-order valence-electron chi connectivity index (χ0n) is 7.52. The number of nitrogens with zero attached hydrogens (tertiary/aromatic N) is 2. The Hall–Kier alpha value is -0.130. The monoisotopic (exact) mass is 216 g/mol. The summed E-state index contributed by atoms with van der Waals surface area (Å²) in [6.45, 7) is 3.72. The number of rotatable bonds is 2. The SMILES string of the molecule is Cc1nsc(SC2CCCOC2)n1. The largest absolute Gasteiger partial charge is 0.380 e. The lowest BCUT2D eigenvalue weighted by molar-refractivity contribution is 0.101. The van der Waals surface area contributed by atoms with Crippen LogP contribution in [0.4, 0.5) is 0 Å². The van der Waals surface area contributed by atoms with Crippen molar-refractivity contribution in [2.45, 2.75) is 29.4 Å². The van der Waals surface area contributed by atoms with Gasteiger partial charge in [-0.3, -0.25) is 0 Å². The van der Waals surface area contributed by atoms with Crippen LogP contribution in [-0.2, 0) is 4.74 Å². The Labute approximate surface area is 86.1 Å². The number of aromatic nitrogens is 2. The minimum Gasteiger partial charge on any atom is -0.380 e. The molecule has 2 rings (SSSR count). The van der Waals surface area contributed by atoms with Gasteiger partial charge < -0.3 is 4.74 Å². The normalized spacial score (nSPS) is 23.3. The number of hydrogen-bond donors (Lipinski definition) is 0. The summed E-state index contributed by atoms with van der Waals surface area (Å²) in [5, 5.41) is 0.584. The van der Waals surface area contributed by atoms with Crippen LogP contribution in [0, 0.1) is 6.92 Å². The smallest absolute Gasteiger partial charge is 0.170 e. The first-order valence-electron chi connectivity index (χ1n) is 4.39. The van der Waals surface area contributed by atoms with Crippen molar-refractivity contribution < 1.29 is 4.74 Å². The Morgan fingerprint density at radius 2 is 2.54 bits per heavy atom. The van der Waals surface area contributed by atoms with Crippen molar-refractivity contribution in [1.82, 2.24) is 9.36 Å². The Morgan fingerprint density at radius 3 is 3.15 bits per heavy atom. The molecule has 0 aromatic carbocycles. The maximum atomic E-state index is 5.40. The summed E-state index contributed by atoms with van der Waals surface area (Å²) in [4.78, 5) is 4.32. The zero-order chi connectivity index (χ0) is 9.10. The topological polar surface area (TPSA) is 35.0 Å². The second-order valence-corrected chi connectivity index (χ2v) is 5.36. The molecule has 1 aliphatic rings. The Morgan fingerprint density at radius 1 is 1.62 bits per heavy atom. The van der Waals surface area contributed by atoms with E-state index in [1.807, 2.05) is 6.92 Å². The standard InChI is InChI=1S/C8H12N2OS2/c1-6-9-8(13-10-6)12-7-3-2-4-11-5-7/h7H,2-5H2,1H3. The molecule has 3 nitrogen and oxygen atoms in total. The van der Waals surface area contributed by atoms with Gasteiger partial charge in [-0.25, -0.2) is 4.98 Å². The van der Waals surface area contributed by atoms with Crippen molar-refractivity contribution in [1.29, 1.82) is 0 Å². The highest BCUT2D eigenvalue weighted by molar-refractivity contribution is 8.01. The van der Waals surface area contributed by atoms with Gasteiger partial charge in [0.05, 0.1) is 6.61 Å². The molecule has 1 saturated heterocycles. The van der Waals surface area contributed by atoms with E-state index in [-0.39, 0.29) is 0 Å². The molecule has 1 fully saturated rings. The quantitative estimate of drug-likeness (QED) is 0.758. The van der Waals surface area contributed by atoms with Crippen LogP contribution >= 0.6 is 23.3 Å². The molecule has 1 unspecified atom stereocenters. The van der Waals surface area contributed by atoms with Gasteiger partial charge in [-0.05, 0) is 31.3 Å². The number of ether oxygens (including phenoxy) is 1. The van der Waals surface area contributed by atoms with E-state index in [1.54, 1.807) is 11.8 Å². The van der Waals surface area contributed by atoms with E-state index >= 15 is 0 Å². The lowest BCUT2D eigenvalue weighted by Gasteiger charge is -2.19. The minimum atomic E-state index is 0.584. The first-order chi connectivity index (χ1) is 6.34. The van der Waals surface area contributed by atoms with Gasteiger partial charge in [0, 0.05) is 11.9 Å². The number of thioether (sulfide) groups is 1. The molecular formula is C8H12N2OS2. The molecule has 0 N–H and O–H groups in total. The second kappa shape index (κ2) is 4.39. The summed E-state index contributed by atoms with van der Waals surface area (Å²) in [6.07, 6.45) is 2.42. The summed E-state index contributed by atoms with van der Waals surface area (Å²) in [7, 11) is 0. The van der Waals surface area contributed by atoms with Crippen LogP contribution in [-0.4, -0.2) is 27.8 Å². The molecule has 1 aromatic heterocycles. The third-order valence-electron chi connectivity index (χ3n) is 1.89. The van der Waals surface area contributed by atoms with Gasteiger partial charge in [0.2, 0.25) is 0 Å². The summed E-state index contributed by atoms with van der Waals surface area (Å²) < 4.78 is 10.6. The Balaban J connectivity index is 1.89. The summed E-state index contributed by atoms with van der Waals surface area (Å²) in [6, 6.07) is 0. The van der Waals surface area contributed by atoms with E-state index in [0.29, 0.717) is 5.25 Å². The highest BCUT2D eigenvalue weighted by Gasteiger charge is 2.16. The van der Waals surface area contributed by atoms with Crippen LogP contribution in [0.25, 0.3) is 0 Å². The molecule has 0 spiro atoms. The molecule has 0 aliphatic carbocycles. The molecule has 0 bridgehead atoms. The van der Waals surface area contributed by atoms with Crippen LogP contribution in [0.15, 0.2) is 4.34 Å². The molecule has 0 amide bonds. The van der Waals surface area contributed by atoms with Gasteiger partial charge >= 0.3 is 0 Å². The highest BCUT2D eigenvalue weighted by Crippen LogP contribution is 2.29. The molecule has 0 radical (unpaired) electrons. The lowest BCUT2D eigenvalue weighted by atomic mass is 10.2. The van der Waals surface area contributed by atoms with Crippen molar-refractivity contribution in [3.63, 3.8) is 0 Å². The van der Waals surface area contributed by atoms with E-state index in [0.717, 1.165) is 23.4 Å². The predicted molar refractivity (Wildman–Crippen MR) is 54.3 cm³/mol. The average molecular weight is 216 g/mol. The van der Waals surface area contributed by atoms with E-state index in [2.05, 4.69) is 9.36 Å². The predicted octanol–water partition coefficient (Wildman–Crippen LogP) is 2.12.